The van der Waals surface area contributed by atoms with Crippen LogP contribution >= 0.6 is 38.9 Å². The van der Waals surface area contributed by atoms with Gasteiger partial charge in [0.25, 0.3) is 0 Å². The van der Waals surface area contributed by atoms with Crippen LogP contribution < -0.4 is 5.73 Å². The molecule has 0 spiro atoms. The van der Waals surface area contributed by atoms with Crippen LogP contribution in [0, 0.1) is 0 Å². The Hall–Kier alpha value is -1.30. The van der Waals surface area contributed by atoms with E-state index in [1.54, 1.807) is 16.0 Å². The van der Waals surface area contributed by atoms with Gasteiger partial charge in [0, 0.05) is 5.02 Å². The first-order chi connectivity index (χ1) is 9.13. The molecule has 2 N–H and O–H groups in total. The quantitative estimate of drug-likeness (QED) is 0.731. The molecule has 0 saturated heterocycles. The molecule has 0 saturated carbocycles. The van der Waals surface area contributed by atoms with E-state index in [9.17, 15) is 0 Å². The van der Waals surface area contributed by atoms with Crippen molar-refractivity contribution in [2.45, 2.75) is 0 Å². The van der Waals surface area contributed by atoms with Gasteiger partial charge in [0.05, 0.1) is 26.2 Å². The van der Waals surface area contributed by atoms with Gasteiger partial charge in [0.2, 0.25) is 0 Å². The summed E-state index contributed by atoms with van der Waals surface area (Å²) in [6.45, 7) is 0. The molecule has 3 aromatic rings. The number of nitrogens with two attached hydrogens (primary N) is 1. The summed E-state index contributed by atoms with van der Waals surface area (Å²) in [5.41, 5.74) is 8.41. The second-order valence-electron chi connectivity index (χ2n) is 3.96. The summed E-state index contributed by atoms with van der Waals surface area (Å²) in [6.07, 6.45) is 1.81. The van der Waals surface area contributed by atoms with Crippen LogP contribution in [0.4, 0.5) is 5.69 Å². The molecule has 3 nitrogen and oxygen atoms in total. The molecule has 0 amide bonds. The summed E-state index contributed by atoms with van der Waals surface area (Å²) in [7, 11) is 0. The van der Waals surface area contributed by atoms with Crippen molar-refractivity contribution >= 4 is 44.6 Å². The summed E-state index contributed by atoms with van der Waals surface area (Å²) in [4.78, 5) is 1.04. The molecular formula is C13H9BrClN3S. The van der Waals surface area contributed by atoms with Crippen LogP contribution in [-0.2, 0) is 0 Å². The van der Waals surface area contributed by atoms with Gasteiger partial charge in [-0.3, -0.25) is 0 Å². The van der Waals surface area contributed by atoms with Crippen LogP contribution in [0.15, 0.2) is 46.4 Å². The van der Waals surface area contributed by atoms with Crippen molar-refractivity contribution < 1.29 is 0 Å². The number of benzene rings is 1. The van der Waals surface area contributed by atoms with E-state index in [-0.39, 0.29) is 0 Å². The molecule has 0 atom stereocenters. The van der Waals surface area contributed by atoms with E-state index >= 15 is 0 Å². The summed E-state index contributed by atoms with van der Waals surface area (Å²) in [5, 5.41) is 5.23. The SMILES string of the molecule is Nc1cn(-c2ccc(Cl)cc2)nc1-c1ccc(Br)s1. The second-order valence-corrected chi connectivity index (χ2v) is 6.86. The Labute approximate surface area is 127 Å². The van der Waals surface area contributed by atoms with Gasteiger partial charge in [-0.25, -0.2) is 4.68 Å². The third kappa shape index (κ3) is 2.54. The van der Waals surface area contributed by atoms with Crippen molar-refractivity contribution in [2.75, 3.05) is 5.73 Å². The number of halogens is 2. The molecule has 2 aromatic heterocycles. The number of aromatic nitrogens is 2. The predicted molar refractivity (Wildman–Crippen MR) is 84.0 cm³/mol. The lowest BCUT2D eigenvalue weighted by Crippen LogP contribution is -1.93. The molecule has 0 bridgehead atoms. The first-order valence-electron chi connectivity index (χ1n) is 5.50. The van der Waals surface area contributed by atoms with E-state index in [0.29, 0.717) is 10.7 Å². The van der Waals surface area contributed by atoms with E-state index in [1.807, 2.05) is 42.6 Å². The number of nitrogens with zero attached hydrogens (tertiary/aromatic N) is 2. The van der Waals surface area contributed by atoms with Crippen LogP contribution in [0.5, 0.6) is 0 Å². The molecule has 6 heteroatoms. The van der Waals surface area contributed by atoms with Crippen molar-refractivity contribution in [3.8, 4) is 16.3 Å². The summed E-state index contributed by atoms with van der Waals surface area (Å²) >= 11 is 10.9. The summed E-state index contributed by atoms with van der Waals surface area (Å²) < 4.78 is 2.82. The highest BCUT2D eigenvalue weighted by atomic mass is 79.9. The Morgan fingerprint density at radius 1 is 1.16 bits per heavy atom. The number of rotatable bonds is 2. The molecule has 19 heavy (non-hydrogen) atoms. The van der Waals surface area contributed by atoms with Gasteiger partial charge in [-0.15, -0.1) is 11.3 Å². The van der Waals surface area contributed by atoms with Crippen LogP contribution in [-0.4, -0.2) is 9.78 Å². The van der Waals surface area contributed by atoms with Gasteiger partial charge < -0.3 is 5.73 Å². The Morgan fingerprint density at radius 2 is 1.89 bits per heavy atom. The fourth-order valence-electron chi connectivity index (χ4n) is 1.75. The highest BCUT2D eigenvalue weighted by Crippen LogP contribution is 2.33. The van der Waals surface area contributed by atoms with E-state index in [2.05, 4.69) is 21.0 Å². The third-order valence-electron chi connectivity index (χ3n) is 2.64. The molecule has 0 unspecified atom stereocenters. The Morgan fingerprint density at radius 3 is 2.53 bits per heavy atom. The number of anilines is 1. The van der Waals surface area contributed by atoms with Crippen LogP contribution in [0.25, 0.3) is 16.3 Å². The first kappa shape index (κ1) is 12.7. The van der Waals surface area contributed by atoms with E-state index in [4.69, 9.17) is 17.3 Å². The van der Waals surface area contributed by atoms with Crippen molar-refractivity contribution in [3.05, 3.63) is 51.4 Å². The molecule has 3 rings (SSSR count). The summed E-state index contributed by atoms with van der Waals surface area (Å²) in [6, 6.07) is 11.5. The first-order valence-corrected chi connectivity index (χ1v) is 7.49. The number of nitrogen functional groups attached to an aromatic ring is 1. The molecule has 0 fully saturated rings. The van der Waals surface area contributed by atoms with Gasteiger partial charge in [0.15, 0.2) is 0 Å². The summed E-state index contributed by atoms with van der Waals surface area (Å²) in [5.74, 6) is 0. The largest absolute Gasteiger partial charge is 0.396 e. The minimum Gasteiger partial charge on any atom is -0.396 e. The lowest BCUT2D eigenvalue weighted by atomic mass is 10.3. The van der Waals surface area contributed by atoms with Crippen LogP contribution in [0.1, 0.15) is 0 Å². The fourth-order valence-corrected chi connectivity index (χ4v) is 3.27. The average Bonchev–Trinajstić information content (AvgIpc) is 2.96. The van der Waals surface area contributed by atoms with Crippen LogP contribution in [0.3, 0.4) is 0 Å². The third-order valence-corrected chi connectivity index (χ3v) is 4.52. The van der Waals surface area contributed by atoms with Gasteiger partial charge in [-0.05, 0) is 52.3 Å². The van der Waals surface area contributed by atoms with Gasteiger partial charge in [-0.2, -0.15) is 5.10 Å². The lowest BCUT2D eigenvalue weighted by Gasteiger charge is -2.00. The fraction of sp³-hybridized carbons (Fsp3) is 0. The van der Waals surface area contributed by atoms with Crippen molar-refractivity contribution in [3.63, 3.8) is 0 Å². The molecule has 0 radical (unpaired) electrons. The smallest absolute Gasteiger partial charge is 0.126 e. The van der Waals surface area contributed by atoms with E-state index in [1.165, 1.54) is 0 Å². The maximum atomic E-state index is 6.03. The van der Waals surface area contributed by atoms with E-state index in [0.717, 1.165) is 20.0 Å². The zero-order chi connectivity index (χ0) is 13.4. The number of thiophene rings is 1. The molecule has 2 heterocycles. The number of hydrogen-bond donors (Lipinski definition) is 1. The molecule has 0 aliphatic carbocycles. The normalized spacial score (nSPS) is 10.8. The molecule has 0 aliphatic rings. The average molecular weight is 355 g/mol. The standard InChI is InChI=1S/C13H9BrClN3S/c14-12-6-5-11(19-12)13-10(16)7-18(17-13)9-3-1-8(15)2-4-9/h1-7H,16H2. The maximum absolute atomic E-state index is 6.03. The Kier molecular flexibility index (Phi) is 3.35. The van der Waals surface area contributed by atoms with Crippen molar-refractivity contribution in [1.29, 1.82) is 0 Å². The zero-order valence-electron chi connectivity index (χ0n) is 9.68. The molecule has 1 aromatic carbocycles. The van der Waals surface area contributed by atoms with Crippen molar-refractivity contribution in [2.24, 2.45) is 0 Å². The van der Waals surface area contributed by atoms with Crippen LogP contribution in [0.2, 0.25) is 5.02 Å². The molecule has 0 aliphatic heterocycles. The van der Waals surface area contributed by atoms with Gasteiger partial charge in [0.1, 0.15) is 5.69 Å². The minimum absolute atomic E-state index is 0.657. The second kappa shape index (κ2) is 5.00. The van der Waals surface area contributed by atoms with E-state index < -0.39 is 0 Å². The highest BCUT2D eigenvalue weighted by Gasteiger charge is 2.11. The molecular weight excluding hydrogens is 346 g/mol. The molecule has 96 valence electrons. The van der Waals surface area contributed by atoms with Crippen molar-refractivity contribution in [1.82, 2.24) is 9.78 Å². The lowest BCUT2D eigenvalue weighted by molar-refractivity contribution is 0.885. The highest BCUT2D eigenvalue weighted by molar-refractivity contribution is 9.11. The Balaban J connectivity index is 2.04. The predicted octanol–water partition coefficient (Wildman–Crippen LogP) is 4.60. The maximum Gasteiger partial charge on any atom is 0.126 e. The monoisotopic (exact) mass is 353 g/mol. The van der Waals surface area contributed by atoms with Gasteiger partial charge in [-0.1, -0.05) is 11.6 Å². The Bertz CT molecular complexity index is 718. The minimum atomic E-state index is 0.657. The zero-order valence-corrected chi connectivity index (χ0v) is 12.8. The van der Waals surface area contributed by atoms with Gasteiger partial charge >= 0.3 is 0 Å². The topological polar surface area (TPSA) is 43.8 Å². The number of hydrogen-bond acceptors (Lipinski definition) is 3.